The monoisotopic (exact) mass is 172 g/mol. The third-order valence-electron chi connectivity index (χ3n) is 2.16. The van der Waals surface area contributed by atoms with E-state index in [9.17, 15) is 0 Å². The molecule has 0 saturated carbocycles. The highest BCUT2D eigenvalue weighted by Gasteiger charge is 2.00. The van der Waals surface area contributed by atoms with Gasteiger partial charge in [-0.25, -0.2) is 0 Å². The lowest BCUT2D eigenvalue weighted by molar-refractivity contribution is 0.819. The van der Waals surface area contributed by atoms with Crippen LogP contribution in [0.25, 0.3) is 10.9 Å². The number of fused-ring (bicyclic) bond motifs is 1. The number of rotatable bonds is 1. The van der Waals surface area contributed by atoms with Crippen molar-refractivity contribution in [1.82, 2.24) is 4.98 Å². The molecular weight excluding hydrogens is 160 g/mol. The summed E-state index contributed by atoms with van der Waals surface area (Å²) in [5, 5.41) is 1.16. The zero-order valence-electron chi connectivity index (χ0n) is 7.57. The molecule has 0 saturated heterocycles. The largest absolute Gasteiger partial charge is 0.324 e. The van der Waals surface area contributed by atoms with Gasteiger partial charge in [-0.05, 0) is 24.6 Å². The quantitative estimate of drug-likeness (QED) is 0.716. The number of pyridine rings is 1. The molecule has 0 unspecified atom stereocenters. The fraction of sp³-hybridized carbons (Fsp3) is 0.182. The predicted octanol–water partition coefficient (Wildman–Crippen LogP) is 2.25. The van der Waals surface area contributed by atoms with Gasteiger partial charge in [0, 0.05) is 17.6 Å². The molecule has 0 spiro atoms. The fourth-order valence-corrected chi connectivity index (χ4v) is 1.37. The molecule has 0 fully saturated rings. The van der Waals surface area contributed by atoms with Crippen LogP contribution in [0.4, 0.5) is 0 Å². The van der Waals surface area contributed by atoms with Gasteiger partial charge in [-0.15, -0.1) is 0 Å². The lowest BCUT2D eigenvalue weighted by atomic mass is 10.1. The topological polar surface area (TPSA) is 38.9 Å². The van der Waals surface area contributed by atoms with E-state index in [2.05, 4.69) is 17.1 Å². The Bertz CT molecular complexity index is 421. The summed E-state index contributed by atoms with van der Waals surface area (Å²) in [6.07, 6.45) is 1.80. The summed E-state index contributed by atoms with van der Waals surface area (Å²) in [4.78, 5) is 4.27. The Hall–Kier alpha value is -1.41. The SMILES string of the molecule is C[C@H](N)c1ccc2cccnc2c1. The van der Waals surface area contributed by atoms with Crippen LogP contribution in [0, 0.1) is 0 Å². The standard InChI is InChI=1S/C11H12N2/c1-8(12)10-5-4-9-3-2-6-13-11(9)7-10/h2-8H,12H2,1H3/t8-/m0/s1. The molecule has 2 N–H and O–H groups in total. The van der Waals surface area contributed by atoms with Gasteiger partial charge in [0.15, 0.2) is 0 Å². The molecule has 1 heterocycles. The Labute approximate surface area is 77.4 Å². The minimum Gasteiger partial charge on any atom is -0.324 e. The van der Waals surface area contributed by atoms with Crippen LogP contribution in [0.5, 0.6) is 0 Å². The number of benzene rings is 1. The highest BCUT2D eigenvalue weighted by molar-refractivity contribution is 5.78. The Morgan fingerprint density at radius 1 is 1.31 bits per heavy atom. The maximum atomic E-state index is 5.78. The molecule has 0 bridgehead atoms. The van der Waals surface area contributed by atoms with E-state index >= 15 is 0 Å². The van der Waals surface area contributed by atoms with Crippen LogP contribution < -0.4 is 5.73 Å². The molecule has 2 aromatic rings. The zero-order chi connectivity index (χ0) is 9.26. The maximum Gasteiger partial charge on any atom is 0.0705 e. The second-order valence-electron chi connectivity index (χ2n) is 3.24. The van der Waals surface area contributed by atoms with Crippen LogP contribution in [-0.4, -0.2) is 4.98 Å². The van der Waals surface area contributed by atoms with E-state index in [1.807, 2.05) is 25.1 Å². The summed E-state index contributed by atoms with van der Waals surface area (Å²) in [7, 11) is 0. The van der Waals surface area contributed by atoms with Gasteiger partial charge in [-0.1, -0.05) is 18.2 Å². The first kappa shape index (κ1) is 8.20. The van der Waals surface area contributed by atoms with Gasteiger partial charge >= 0.3 is 0 Å². The number of hydrogen-bond acceptors (Lipinski definition) is 2. The lowest BCUT2D eigenvalue weighted by Gasteiger charge is -2.05. The third-order valence-corrected chi connectivity index (χ3v) is 2.16. The summed E-state index contributed by atoms with van der Waals surface area (Å²) >= 11 is 0. The van der Waals surface area contributed by atoms with Gasteiger partial charge in [0.2, 0.25) is 0 Å². The molecule has 2 rings (SSSR count). The van der Waals surface area contributed by atoms with Crippen molar-refractivity contribution in [3.05, 3.63) is 42.1 Å². The minimum absolute atomic E-state index is 0.0754. The van der Waals surface area contributed by atoms with Crippen molar-refractivity contribution in [3.8, 4) is 0 Å². The van der Waals surface area contributed by atoms with Crippen LogP contribution in [0.2, 0.25) is 0 Å². The van der Waals surface area contributed by atoms with Crippen molar-refractivity contribution >= 4 is 10.9 Å². The fourth-order valence-electron chi connectivity index (χ4n) is 1.37. The van der Waals surface area contributed by atoms with Crippen LogP contribution >= 0.6 is 0 Å². The molecule has 0 amide bonds. The van der Waals surface area contributed by atoms with Gasteiger partial charge < -0.3 is 5.73 Å². The van der Waals surface area contributed by atoms with Crippen molar-refractivity contribution in [3.63, 3.8) is 0 Å². The molecule has 0 aliphatic heterocycles. The molecular formula is C11H12N2. The Balaban J connectivity index is 2.62. The van der Waals surface area contributed by atoms with Crippen molar-refractivity contribution in [2.45, 2.75) is 13.0 Å². The first-order valence-electron chi connectivity index (χ1n) is 4.37. The molecule has 1 aromatic heterocycles. The first-order chi connectivity index (χ1) is 6.27. The molecule has 0 radical (unpaired) electrons. The van der Waals surface area contributed by atoms with Crippen LogP contribution in [0.15, 0.2) is 36.5 Å². The third kappa shape index (κ3) is 1.53. The number of nitrogens with zero attached hydrogens (tertiary/aromatic N) is 1. The van der Waals surface area contributed by atoms with Crippen LogP contribution in [0.1, 0.15) is 18.5 Å². The summed E-state index contributed by atoms with van der Waals surface area (Å²) in [5.74, 6) is 0. The van der Waals surface area contributed by atoms with E-state index in [1.54, 1.807) is 6.20 Å². The predicted molar refractivity (Wildman–Crippen MR) is 54.3 cm³/mol. The number of aromatic nitrogens is 1. The highest BCUT2D eigenvalue weighted by Crippen LogP contribution is 2.16. The molecule has 1 atom stereocenters. The molecule has 13 heavy (non-hydrogen) atoms. The Morgan fingerprint density at radius 2 is 2.15 bits per heavy atom. The Morgan fingerprint density at radius 3 is 2.92 bits per heavy atom. The van der Waals surface area contributed by atoms with Gasteiger partial charge in [-0.3, -0.25) is 4.98 Å². The summed E-state index contributed by atoms with van der Waals surface area (Å²) in [5.41, 5.74) is 7.92. The average molecular weight is 172 g/mol. The summed E-state index contributed by atoms with van der Waals surface area (Å²) in [6.45, 7) is 1.98. The van der Waals surface area contributed by atoms with E-state index < -0.39 is 0 Å². The second kappa shape index (κ2) is 3.15. The van der Waals surface area contributed by atoms with E-state index in [0.717, 1.165) is 16.5 Å². The molecule has 2 nitrogen and oxygen atoms in total. The van der Waals surface area contributed by atoms with Crippen LogP contribution in [0.3, 0.4) is 0 Å². The zero-order valence-corrected chi connectivity index (χ0v) is 7.57. The maximum absolute atomic E-state index is 5.78. The minimum atomic E-state index is 0.0754. The highest BCUT2D eigenvalue weighted by atomic mass is 14.7. The van der Waals surface area contributed by atoms with Gasteiger partial charge in [0.1, 0.15) is 0 Å². The number of hydrogen-bond donors (Lipinski definition) is 1. The molecule has 0 aliphatic carbocycles. The molecule has 2 heteroatoms. The molecule has 1 aromatic carbocycles. The summed E-state index contributed by atoms with van der Waals surface area (Å²) < 4.78 is 0. The Kier molecular flexibility index (Phi) is 1.99. The van der Waals surface area contributed by atoms with E-state index in [-0.39, 0.29) is 6.04 Å². The van der Waals surface area contributed by atoms with Gasteiger partial charge in [0.25, 0.3) is 0 Å². The van der Waals surface area contributed by atoms with Crippen molar-refractivity contribution < 1.29 is 0 Å². The van der Waals surface area contributed by atoms with Gasteiger partial charge in [0.05, 0.1) is 5.52 Å². The van der Waals surface area contributed by atoms with E-state index in [0.29, 0.717) is 0 Å². The van der Waals surface area contributed by atoms with Crippen LogP contribution in [-0.2, 0) is 0 Å². The molecule has 0 aliphatic rings. The lowest BCUT2D eigenvalue weighted by Crippen LogP contribution is -2.04. The average Bonchev–Trinajstić information content (AvgIpc) is 2.17. The van der Waals surface area contributed by atoms with Crippen molar-refractivity contribution in [1.29, 1.82) is 0 Å². The number of nitrogens with two attached hydrogens (primary N) is 1. The first-order valence-corrected chi connectivity index (χ1v) is 4.37. The van der Waals surface area contributed by atoms with E-state index in [4.69, 9.17) is 5.73 Å². The summed E-state index contributed by atoms with van der Waals surface area (Å²) in [6, 6.07) is 10.2. The van der Waals surface area contributed by atoms with Crippen molar-refractivity contribution in [2.24, 2.45) is 5.73 Å². The van der Waals surface area contributed by atoms with Crippen molar-refractivity contribution in [2.75, 3.05) is 0 Å². The smallest absolute Gasteiger partial charge is 0.0705 e. The second-order valence-corrected chi connectivity index (χ2v) is 3.24. The molecule has 66 valence electrons. The van der Waals surface area contributed by atoms with E-state index in [1.165, 1.54) is 0 Å². The normalized spacial score (nSPS) is 13.1. The van der Waals surface area contributed by atoms with Gasteiger partial charge in [-0.2, -0.15) is 0 Å².